The van der Waals surface area contributed by atoms with Crippen molar-refractivity contribution in [2.24, 2.45) is 0 Å². The SMILES string of the molecule is Cc1cc(Cl)ccc1NC(=O)CN(C)S(=O)(=O)c1cc2c(cc1C)NC(=O)C(C)O2. The Hall–Kier alpha value is -2.62. The molecule has 8 nitrogen and oxygen atoms in total. The topological polar surface area (TPSA) is 105 Å². The van der Waals surface area contributed by atoms with Crippen molar-refractivity contribution in [2.45, 2.75) is 31.8 Å². The number of hydrogen-bond donors (Lipinski definition) is 2. The average molecular weight is 452 g/mol. The fraction of sp³-hybridized carbons (Fsp3) is 0.300. The van der Waals surface area contributed by atoms with E-state index in [0.29, 0.717) is 22.0 Å². The van der Waals surface area contributed by atoms with Crippen molar-refractivity contribution in [3.05, 3.63) is 46.5 Å². The lowest BCUT2D eigenvalue weighted by atomic mass is 10.1. The number of anilines is 2. The molecule has 0 fully saturated rings. The van der Waals surface area contributed by atoms with Gasteiger partial charge < -0.3 is 15.4 Å². The summed E-state index contributed by atoms with van der Waals surface area (Å²) in [6.45, 7) is 4.59. The normalized spacial score (nSPS) is 15.9. The maximum atomic E-state index is 13.1. The summed E-state index contributed by atoms with van der Waals surface area (Å²) in [4.78, 5) is 24.2. The van der Waals surface area contributed by atoms with E-state index in [-0.39, 0.29) is 23.1 Å². The van der Waals surface area contributed by atoms with E-state index in [1.807, 2.05) is 0 Å². The van der Waals surface area contributed by atoms with Crippen LogP contribution in [0.1, 0.15) is 18.1 Å². The van der Waals surface area contributed by atoms with Crippen LogP contribution in [0.25, 0.3) is 0 Å². The highest BCUT2D eigenvalue weighted by atomic mass is 35.5. The van der Waals surface area contributed by atoms with E-state index in [2.05, 4.69) is 10.6 Å². The predicted molar refractivity (Wildman–Crippen MR) is 115 cm³/mol. The van der Waals surface area contributed by atoms with Crippen molar-refractivity contribution in [2.75, 3.05) is 24.2 Å². The van der Waals surface area contributed by atoms with Gasteiger partial charge >= 0.3 is 0 Å². The first kappa shape index (κ1) is 22.1. The van der Waals surface area contributed by atoms with Gasteiger partial charge in [-0.3, -0.25) is 9.59 Å². The maximum absolute atomic E-state index is 13.1. The number of halogens is 1. The van der Waals surface area contributed by atoms with Crippen LogP contribution < -0.4 is 15.4 Å². The smallest absolute Gasteiger partial charge is 0.265 e. The number of amides is 2. The molecule has 2 amide bonds. The van der Waals surface area contributed by atoms with E-state index >= 15 is 0 Å². The molecule has 2 aromatic rings. The van der Waals surface area contributed by atoms with Gasteiger partial charge in [0, 0.05) is 23.8 Å². The molecule has 3 rings (SSSR count). The van der Waals surface area contributed by atoms with E-state index in [9.17, 15) is 18.0 Å². The number of nitrogens with zero attached hydrogens (tertiary/aromatic N) is 1. The molecule has 1 unspecified atom stereocenters. The lowest BCUT2D eigenvalue weighted by Crippen LogP contribution is -2.36. The first-order valence-corrected chi connectivity index (χ1v) is 11.0. The van der Waals surface area contributed by atoms with Gasteiger partial charge in [-0.05, 0) is 56.2 Å². The molecule has 0 aliphatic carbocycles. The number of benzene rings is 2. The molecule has 2 aromatic carbocycles. The van der Waals surface area contributed by atoms with Crippen molar-refractivity contribution in [1.29, 1.82) is 0 Å². The molecule has 160 valence electrons. The Balaban J connectivity index is 1.80. The van der Waals surface area contributed by atoms with E-state index in [1.165, 1.54) is 19.2 Å². The first-order valence-electron chi connectivity index (χ1n) is 9.13. The zero-order valence-electron chi connectivity index (χ0n) is 16.9. The Morgan fingerprint density at radius 2 is 1.93 bits per heavy atom. The lowest BCUT2D eigenvalue weighted by molar-refractivity contribution is -0.122. The number of carbonyl (C=O) groups is 2. The summed E-state index contributed by atoms with van der Waals surface area (Å²) in [5.74, 6) is -0.524. The van der Waals surface area contributed by atoms with Crippen LogP contribution in [0.5, 0.6) is 5.75 Å². The highest BCUT2D eigenvalue weighted by Gasteiger charge is 2.30. The molecule has 0 radical (unpaired) electrons. The van der Waals surface area contributed by atoms with E-state index in [0.717, 1.165) is 9.87 Å². The van der Waals surface area contributed by atoms with Gasteiger partial charge in [-0.2, -0.15) is 4.31 Å². The molecule has 0 spiro atoms. The molecular weight excluding hydrogens is 430 g/mol. The number of hydrogen-bond acceptors (Lipinski definition) is 5. The summed E-state index contributed by atoms with van der Waals surface area (Å²) in [6.07, 6.45) is -0.734. The summed E-state index contributed by atoms with van der Waals surface area (Å²) in [5.41, 5.74) is 2.15. The largest absolute Gasteiger partial charge is 0.479 e. The minimum Gasteiger partial charge on any atom is -0.479 e. The Labute approximate surface area is 180 Å². The molecule has 1 atom stereocenters. The van der Waals surface area contributed by atoms with Crippen molar-refractivity contribution in [3.63, 3.8) is 0 Å². The van der Waals surface area contributed by atoms with Gasteiger partial charge in [0.05, 0.1) is 17.1 Å². The van der Waals surface area contributed by atoms with Gasteiger partial charge in [-0.25, -0.2) is 8.42 Å². The van der Waals surface area contributed by atoms with Crippen molar-refractivity contribution < 1.29 is 22.7 Å². The third-order valence-electron chi connectivity index (χ3n) is 4.73. The molecule has 1 aliphatic heterocycles. The van der Waals surface area contributed by atoms with E-state index in [1.54, 1.807) is 39.0 Å². The van der Waals surface area contributed by atoms with Crippen LogP contribution >= 0.6 is 11.6 Å². The second-order valence-electron chi connectivity index (χ2n) is 7.13. The number of fused-ring (bicyclic) bond motifs is 1. The first-order chi connectivity index (χ1) is 14.0. The summed E-state index contributed by atoms with van der Waals surface area (Å²) < 4.78 is 32.6. The number of nitrogens with one attached hydrogen (secondary N) is 2. The second-order valence-corrected chi connectivity index (χ2v) is 9.58. The summed E-state index contributed by atoms with van der Waals surface area (Å²) in [6, 6.07) is 7.91. The number of aryl methyl sites for hydroxylation is 2. The lowest BCUT2D eigenvalue weighted by Gasteiger charge is -2.25. The third kappa shape index (κ3) is 4.43. The van der Waals surface area contributed by atoms with Crippen LogP contribution in [0.3, 0.4) is 0 Å². The summed E-state index contributed by atoms with van der Waals surface area (Å²) >= 11 is 5.91. The quantitative estimate of drug-likeness (QED) is 0.727. The standard InChI is InChI=1S/C20H22ClN3O5S/c1-11-7-14(21)5-6-15(11)22-19(25)10-24(4)30(27,28)18-9-17-16(8-12(18)2)23-20(26)13(3)29-17/h5-9,13H,10H2,1-4H3,(H,22,25)(H,23,26). The zero-order valence-corrected chi connectivity index (χ0v) is 18.5. The molecule has 0 saturated carbocycles. The fourth-order valence-corrected chi connectivity index (χ4v) is 4.60. The second kappa shape index (κ2) is 8.25. The highest BCUT2D eigenvalue weighted by Crippen LogP contribution is 2.35. The van der Waals surface area contributed by atoms with Crippen molar-refractivity contribution in [1.82, 2.24) is 4.31 Å². The van der Waals surface area contributed by atoms with E-state index < -0.39 is 22.0 Å². The number of likely N-dealkylation sites (N-methyl/N-ethyl adjacent to an activating group) is 1. The van der Waals surface area contributed by atoms with Crippen LogP contribution in [0, 0.1) is 13.8 Å². The number of rotatable bonds is 5. The average Bonchev–Trinajstić information content (AvgIpc) is 2.64. The number of ether oxygens (including phenoxy) is 1. The molecule has 0 saturated heterocycles. The summed E-state index contributed by atoms with van der Waals surface area (Å²) in [7, 11) is -2.65. The van der Waals surface area contributed by atoms with Gasteiger partial charge in [-0.1, -0.05) is 11.6 Å². The monoisotopic (exact) mass is 451 g/mol. The van der Waals surface area contributed by atoms with Gasteiger partial charge in [0.2, 0.25) is 15.9 Å². The zero-order chi connectivity index (χ0) is 22.2. The van der Waals surface area contributed by atoms with Crippen LogP contribution in [-0.4, -0.2) is 44.2 Å². The molecule has 2 N–H and O–H groups in total. The maximum Gasteiger partial charge on any atom is 0.265 e. The third-order valence-corrected chi connectivity index (χ3v) is 6.91. The van der Waals surface area contributed by atoms with Gasteiger partial charge in [-0.15, -0.1) is 0 Å². The van der Waals surface area contributed by atoms with Crippen molar-refractivity contribution in [3.8, 4) is 5.75 Å². The highest BCUT2D eigenvalue weighted by molar-refractivity contribution is 7.89. The minimum atomic E-state index is -3.98. The molecule has 0 bridgehead atoms. The Bertz CT molecular complexity index is 1130. The Morgan fingerprint density at radius 1 is 1.23 bits per heavy atom. The van der Waals surface area contributed by atoms with Crippen LogP contribution in [-0.2, 0) is 19.6 Å². The molecule has 10 heteroatoms. The van der Waals surface area contributed by atoms with Crippen molar-refractivity contribution >= 4 is 44.8 Å². The van der Waals surface area contributed by atoms with Crippen LogP contribution in [0.15, 0.2) is 35.2 Å². The number of sulfonamides is 1. The van der Waals surface area contributed by atoms with Crippen LogP contribution in [0.4, 0.5) is 11.4 Å². The Kier molecular flexibility index (Phi) is 6.07. The molecule has 30 heavy (non-hydrogen) atoms. The summed E-state index contributed by atoms with van der Waals surface area (Å²) in [5, 5.41) is 5.91. The molecule has 0 aromatic heterocycles. The van der Waals surface area contributed by atoms with Gasteiger partial charge in [0.25, 0.3) is 5.91 Å². The van der Waals surface area contributed by atoms with Crippen LogP contribution in [0.2, 0.25) is 5.02 Å². The molecular formula is C20H22ClN3O5S. The number of carbonyl (C=O) groups excluding carboxylic acids is 2. The molecule has 1 heterocycles. The minimum absolute atomic E-state index is 0.00238. The van der Waals surface area contributed by atoms with Gasteiger partial charge in [0.15, 0.2) is 6.10 Å². The van der Waals surface area contributed by atoms with Gasteiger partial charge in [0.1, 0.15) is 5.75 Å². The predicted octanol–water partition coefficient (Wildman–Crippen LogP) is 2.94. The fourth-order valence-electron chi connectivity index (χ4n) is 3.03. The molecule has 1 aliphatic rings. The Morgan fingerprint density at radius 3 is 2.60 bits per heavy atom. The van der Waals surface area contributed by atoms with E-state index in [4.69, 9.17) is 16.3 Å².